The summed E-state index contributed by atoms with van der Waals surface area (Å²) >= 11 is 9.40. The maximum atomic E-state index is 6.02. The van der Waals surface area contributed by atoms with Gasteiger partial charge in [-0.05, 0) is 12.1 Å². The summed E-state index contributed by atoms with van der Waals surface area (Å²) in [4.78, 5) is 4.87. The van der Waals surface area contributed by atoms with Crippen LogP contribution in [0.2, 0.25) is 5.02 Å². The molecule has 1 atom stereocenters. The van der Waals surface area contributed by atoms with E-state index >= 15 is 0 Å². The van der Waals surface area contributed by atoms with Crippen molar-refractivity contribution in [2.75, 3.05) is 13.7 Å². The topological polar surface area (TPSA) is 30.5 Å². The van der Waals surface area contributed by atoms with E-state index in [2.05, 4.69) is 21.4 Å². The minimum atomic E-state index is 0.0463. The summed E-state index contributed by atoms with van der Waals surface area (Å²) in [6, 6.07) is 3.84. The van der Waals surface area contributed by atoms with Gasteiger partial charge < -0.3 is 9.57 Å². The Morgan fingerprint density at radius 1 is 1.64 bits per heavy atom. The lowest BCUT2D eigenvalue weighted by atomic mass is 10.1. The lowest BCUT2D eigenvalue weighted by molar-refractivity contribution is 0.0536. The highest BCUT2D eigenvalue weighted by Crippen LogP contribution is 2.40. The van der Waals surface area contributed by atoms with Gasteiger partial charge in [-0.2, -0.15) is 5.48 Å². The van der Waals surface area contributed by atoms with E-state index in [1.807, 2.05) is 12.1 Å². The Labute approximate surface area is 95.4 Å². The molecule has 1 aromatic carbocycles. The van der Waals surface area contributed by atoms with E-state index in [0.29, 0.717) is 11.6 Å². The van der Waals surface area contributed by atoms with Crippen LogP contribution < -0.4 is 10.2 Å². The summed E-state index contributed by atoms with van der Waals surface area (Å²) < 4.78 is 6.39. The van der Waals surface area contributed by atoms with Gasteiger partial charge >= 0.3 is 0 Å². The highest BCUT2D eigenvalue weighted by atomic mass is 79.9. The molecule has 0 saturated carbocycles. The Kier molecular flexibility index (Phi) is 2.97. The molecule has 0 radical (unpaired) electrons. The molecule has 0 spiro atoms. The SMILES string of the molecule is CONC1COc2c(Cl)cc(Br)cc21. The molecule has 1 aromatic rings. The summed E-state index contributed by atoms with van der Waals surface area (Å²) in [6.45, 7) is 0.541. The number of hydrogen-bond donors (Lipinski definition) is 1. The highest BCUT2D eigenvalue weighted by Gasteiger charge is 2.26. The van der Waals surface area contributed by atoms with Gasteiger partial charge in [0.15, 0.2) is 0 Å². The Hall–Kier alpha value is -0.290. The third-order valence-corrected chi connectivity index (χ3v) is 2.81. The van der Waals surface area contributed by atoms with Crippen molar-refractivity contribution in [1.82, 2.24) is 5.48 Å². The fourth-order valence-corrected chi connectivity index (χ4v) is 2.38. The van der Waals surface area contributed by atoms with Crippen molar-refractivity contribution in [1.29, 1.82) is 0 Å². The molecule has 14 heavy (non-hydrogen) atoms. The smallest absolute Gasteiger partial charge is 0.143 e. The summed E-state index contributed by atoms with van der Waals surface area (Å²) in [5.41, 5.74) is 3.87. The van der Waals surface area contributed by atoms with E-state index in [0.717, 1.165) is 15.8 Å². The van der Waals surface area contributed by atoms with Crippen LogP contribution in [0.15, 0.2) is 16.6 Å². The molecule has 1 unspecified atom stereocenters. The number of benzene rings is 1. The van der Waals surface area contributed by atoms with Gasteiger partial charge in [0.25, 0.3) is 0 Å². The molecule has 5 heteroatoms. The highest BCUT2D eigenvalue weighted by molar-refractivity contribution is 9.10. The van der Waals surface area contributed by atoms with Gasteiger partial charge in [-0.25, -0.2) is 0 Å². The Bertz CT molecular complexity index is 359. The first-order valence-electron chi connectivity index (χ1n) is 4.12. The first-order chi connectivity index (χ1) is 6.72. The number of ether oxygens (including phenoxy) is 1. The van der Waals surface area contributed by atoms with Crippen molar-refractivity contribution in [3.8, 4) is 5.75 Å². The number of hydrogen-bond acceptors (Lipinski definition) is 3. The minimum Gasteiger partial charge on any atom is -0.490 e. The predicted molar refractivity (Wildman–Crippen MR) is 57.5 cm³/mol. The Balaban J connectivity index is 2.38. The van der Waals surface area contributed by atoms with E-state index in [-0.39, 0.29) is 6.04 Å². The van der Waals surface area contributed by atoms with Crippen molar-refractivity contribution >= 4 is 27.5 Å². The van der Waals surface area contributed by atoms with Crippen LogP contribution in [0.3, 0.4) is 0 Å². The molecule has 1 heterocycles. The molecule has 3 nitrogen and oxygen atoms in total. The minimum absolute atomic E-state index is 0.0463. The second-order valence-corrected chi connectivity index (χ2v) is 4.31. The molecule has 0 fully saturated rings. The fourth-order valence-electron chi connectivity index (χ4n) is 1.49. The number of fused-ring (bicyclic) bond motifs is 1. The molecular weight excluding hydrogens is 269 g/mol. The molecule has 76 valence electrons. The predicted octanol–water partition coefficient (Wildman–Crippen LogP) is 2.69. The van der Waals surface area contributed by atoms with Crippen molar-refractivity contribution in [3.63, 3.8) is 0 Å². The van der Waals surface area contributed by atoms with Gasteiger partial charge in [0.1, 0.15) is 12.4 Å². The van der Waals surface area contributed by atoms with Gasteiger partial charge in [-0.3, -0.25) is 0 Å². The number of halogens is 2. The average molecular weight is 279 g/mol. The molecule has 2 rings (SSSR count). The van der Waals surface area contributed by atoms with E-state index in [9.17, 15) is 0 Å². The van der Waals surface area contributed by atoms with Gasteiger partial charge in [0.2, 0.25) is 0 Å². The molecule has 1 N–H and O–H groups in total. The number of rotatable bonds is 2. The lowest BCUT2D eigenvalue weighted by Gasteiger charge is -2.08. The average Bonchev–Trinajstić information content (AvgIpc) is 2.49. The third-order valence-electron chi connectivity index (χ3n) is 2.07. The Morgan fingerprint density at radius 2 is 2.43 bits per heavy atom. The van der Waals surface area contributed by atoms with Crippen LogP contribution >= 0.6 is 27.5 Å². The van der Waals surface area contributed by atoms with Crippen molar-refractivity contribution in [2.24, 2.45) is 0 Å². The molecular formula is C9H9BrClNO2. The van der Waals surface area contributed by atoms with E-state index in [4.69, 9.17) is 21.2 Å². The summed E-state index contributed by atoms with van der Waals surface area (Å²) in [7, 11) is 1.58. The zero-order valence-corrected chi connectivity index (χ0v) is 9.85. The van der Waals surface area contributed by atoms with Crippen molar-refractivity contribution in [3.05, 3.63) is 27.2 Å². The van der Waals surface area contributed by atoms with E-state index in [1.54, 1.807) is 7.11 Å². The van der Waals surface area contributed by atoms with Crippen molar-refractivity contribution in [2.45, 2.75) is 6.04 Å². The summed E-state index contributed by atoms with van der Waals surface area (Å²) in [5.74, 6) is 0.740. The standard InChI is InChI=1S/C9H9BrClNO2/c1-13-12-8-4-14-9-6(8)2-5(10)3-7(9)11/h2-3,8,12H,4H2,1H3. The van der Waals surface area contributed by atoms with Crippen LogP contribution in [0.25, 0.3) is 0 Å². The largest absolute Gasteiger partial charge is 0.490 e. The monoisotopic (exact) mass is 277 g/mol. The van der Waals surface area contributed by atoms with Gasteiger partial charge in [-0.15, -0.1) is 0 Å². The van der Waals surface area contributed by atoms with Crippen LogP contribution in [0, 0.1) is 0 Å². The van der Waals surface area contributed by atoms with Crippen LogP contribution in [-0.4, -0.2) is 13.7 Å². The van der Waals surface area contributed by atoms with Gasteiger partial charge in [0, 0.05) is 10.0 Å². The second-order valence-electron chi connectivity index (χ2n) is 2.99. The summed E-state index contributed by atoms with van der Waals surface area (Å²) in [5, 5.41) is 0.620. The lowest BCUT2D eigenvalue weighted by Crippen LogP contribution is -2.20. The second kappa shape index (κ2) is 4.06. The van der Waals surface area contributed by atoms with Crippen LogP contribution in [0.5, 0.6) is 5.75 Å². The fraction of sp³-hybridized carbons (Fsp3) is 0.333. The van der Waals surface area contributed by atoms with Crippen LogP contribution in [0.1, 0.15) is 11.6 Å². The normalized spacial score (nSPS) is 19.2. The van der Waals surface area contributed by atoms with E-state index in [1.165, 1.54) is 0 Å². The first kappa shape index (κ1) is 10.2. The number of hydroxylamine groups is 1. The van der Waals surface area contributed by atoms with Crippen LogP contribution in [0.4, 0.5) is 0 Å². The van der Waals surface area contributed by atoms with Gasteiger partial charge in [-0.1, -0.05) is 27.5 Å². The maximum Gasteiger partial charge on any atom is 0.143 e. The molecule has 0 aromatic heterocycles. The van der Waals surface area contributed by atoms with Crippen LogP contribution in [-0.2, 0) is 4.84 Å². The molecule has 0 amide bonds. The Morgan fingerprint density at radius 3 is 3.14 bits per heavy atom. The number of nitrogens with one attached hydrogen (secondary N) is 1. The molecule has 0 aliphatic carbocycles. The molecule has 0 bridgehead atoms. The third kappa shape index (κ3) is 1.75. The molecule has 1 aliphatic rings. The summed E-state index contributed by atoms with van der Waals surface area (Å²) in [6.07, 6.45) is 0. The van der Waals surface area contributed by atoms with Gasteiger partial charge in [0.05, 0.1) is 18.2 Å². The molecule has 0 saturated heterocycles. The zero-order valence-electron chi connectivity index (χ0n) is 7.51. The maximum absolute atomic E-state index is 6.02. The zero-order chi connectivity index (χ0) is 10.1. The quantitative estimate of drug-likeness (QED) is 0.844. The van der Waals surface area contributed by atoms with Crippen molar-refractivity contribution < 1.29 is 9.57 Å². The first-order valence-corrected chi connectivity index (χ1v) is 5.29. The molecule has 1 aliphatic heterocycles. The van der Waals surface area contributed by atoms with E-state index < -0.39 is 0 Å².